The number of pyridine rings is 1. The monoisotopic (exact) mass is 245 g/mol. The molecule has 0 bridgehead atoms. The van der Waals surface area contributed by atoms with E-state index in [0.717, 1.165) is 6.20 Å². The second-order valence-electron chi connectivity index (χ2n) is 2.14. The average molecular weight is 246 g/mol. The van der Waals surface area contributed by atoms with Crippen molar-refractivity contribution in [2.45, 2.75) is 0 Å². The van der Waals surface area contributed by atoms with Crippen LogP contribution in [-0.4, -0.2) is 15.8 Å². The maximum Gasteiger partial charge on any atom is 0.301 e. The van der Waals surface area contributed by atoms with Crippen LogP contribution in [0.3, 0.4) is 0 Å². The van der Waals surface area contributed by atoms with Crippen molar-refractivity contribution in [2.75, 3.05) is 0 Å². The molecule has 0 unspecified atom stereocenters. The number of carbonyl (C=O) groups excluding carboxylic acids is 1. The molecule has 1 aromatic heterocycles. The van der Waals surface area contributed by atoms with Crippen LogP contribution in [0.1, 0.15) is 10.4 Å². The van der Waals surface area contributed by atoms with Gasteiger partial charge in [0.2, 0.25) is 0 Å². The minimum atomic E-state index is -0.860. The summed E-state index contributed by atoms with van der Waals surface area (Å²) in [5.41, 5.74) is 4.38. The number of amides is 1. The number of aromatic nitrogens is 1. The Morgan fingerprint density at radius 3 is 2.62 bits per heavy atom. The van der Waals surface area contributed by atoms with Crippen LogP contribution in [-0.2, 0) is 0 Å². The van der Waals surface area contributed by atoms with Crippen molar-refractivity contribution in [3.05, 3.63) is 32.5 Å². The van der Waals surface area contributed by atoms with E-state index in [-0.39, 0.29) is 10.0 Å². The molecule has 6 nitrogen and oxygen atoms in total. The zero-order chi connectivity index (χ0) is 10.0. The number of nitrogens with zero attached hydrogens (tertiary/aromatic N) is 2. The molecule has 2 N–H and O–H groups in total. The summed E-state index contributed by atoms with van der Waals surface area (Å²) >= 11 is 2.95. The van der Waals surface area contributed by atoms with Gasteiger partial charge in [-0.1, -0.05) is 0 Å². The van der Waals surface area contributed by atoms with Crippen LogP contribution in [0.2, 0.25) is 0 Å². The van der Waals surface area contributed by atoms with E-state index in [0.29, 0.717) is 0 Å². The molecule has 68 valence electrons. The summed E-state index contributed by atoms with van der Waals surface area (Å²) < 4.78 is 0.217. The minimum absolute atomic E-state index is 0.167. The highest BCUT2D eigenvalue weighted by Crippen LogP contribution is 2.24. The van der Waals surface area contributed by atoms with E-state index < -0.39 is 16.5 Å². The number of rotatable bonds is 2. The lowest BCUT2D eigenvalue weighted by Crippen LogP contribution is -2.14. The molecule has 1 heterocycles. The SMILES string of the molecule is NC(=O)c1c(Br)cncc1[N+](=O)[O-]. The molecule has 0 atom stereocenters. The van der Waals surface area contributed by atoms with Crippen molar-refractivity contribution in [1.29, 1.82) is 0 Å². The number of hydrogen-bond donors (Lipinski definition) is 1. The lowest BCUT2D eigenvalue weighted by atomic mass is 10.2. The summed E-state index contributed by atoms with van der Waals surface area (Å²) in [5.74, 6) is -0.860. The van der Waals surface area contributed by atoms with E-state index >= 15 is 0 Å². The van der Waals surface area contributed by atoms with Gasteiger partial charge in [0.05, 0.1) is 9.40 Å². The van der Waals surface area contributed by atoms with E-state index in [2.05, 4.69) is 20.9 Å². The number of nitrogens with two attached hydrogens (primary N) is 1. The highest BCUT2D eigenvalue weighted by molar-refractivity contribution is 9.10. The fourth-order valence-electron chi connectivity index (χ4n) is 0.807. The molecule has 0 saturated heterocycles. The summed E-state index contributed by atoms with van der Waals surface area (Å²) in [5, 5.41) is 10.4. The zero-order valence-electron chi connectivity index (χ0n) is 6.23. The molecule has 0 saturated carbocycles. The van der Waals surface area contributed by atoms with Crippen LogP contribution in [0, 0.1) is 10.1 Å². The summed E-state index contributed by atoms with van der Waals surface area (Å²) in [4.78, 5) is 24.1. The Morgan fingerprint density at radius 2 is 2.23 bits per heavy atom. The highest BCUT2D eigenvalue weighted by Gasteiger charge is 2.21. The third kappa shape index (κ3) is 1.81. The van der Waals surface area contributed by atoms with Gasteiger partial charge in [-0.25, -0.2) is 0 Å². The Balaban J connectivity index is 3.43. The largest absolute Gasteiger partial charge is 0.365 e. The third-order valence-electron chi connectivity index (χ3n) is 1.32. The normalized spacial score (nSPS) is 9.62. The van der Waals surface area contributed by atoms with Crippen molar-refractivity contribution in [2.24, 2.45) is 5.73 Å². The fraction of sp³-hybridized carbons (Fsp3) is 0. The Hall–Kier alpha value is -1.50. The molecule has 13 heavy (non-hydrogen) atoms. The van der Waals surface area contributed by atoms with Crippen molar-refractivity contribution in [3.63, 3.8) is 0 Å². The van der Waals surface area contributed by atoms with E-state index in [1.165, 1.54) is 6.20 Å². The van der Waals surface area contributed by atoms with Gasteiger partial charge in [0.1, 0.15) is 11.8 Å². The fourth-order valence-corrected chi connectivity index (χ4v) is 1.32. The molecule has 1 rings (SSSR count). The third-order valence-corrected chi connectivity index (χ3v) is 1.92. The van der Waals surface area contributed by atoms with Crippen molar-refractivity contribution in [1.82, 2.24) is 4.98 Å². The maximum absolute atomic E-state index is 10.8. The summed E-state index contributed by atoms with van der Waals surface area (Å²) in [6, 6.07) is 0. The van der Waals surface area contributed by atoms with Crippen molar-refractivity contribution < 1.29 is 9.72 Å². The molecular weight excluding hydrogens is 242 g/mol. The van der Waals surface area contributed by atoms with E-state index in [4.69, 9.17) is 5.73 Å². The Morgan fingerprint density at radius 1 is 1.62 bits per heavy atom. The van der Waals surface area contributed by atoms with Gasteiger partial charge in [-0.05, 0) is 15.9 Å². The van der Waals surface area contributed by atoms with Gasteiger partial charge < -0.3 is 5.73 Å². The minimum Gasteiger partial charge on any atom is -0.365 e. The summed E-state index contributed by atoms with van der Waals surface area (Å²) in [6.07, 6.45) is 2.25. The smallest absolute Gasteiger partial charge is 0.301 e. The average Bonchev–Trinajstić information content (AvgIpc) is 2.02. The summed E-state index contributed by atoms with van der Waals surface area (Å²) in [7, 11) is 0. The van der Waals surface area contributed by atoms with Gasteiger partial charge in [-0.15, -0.1) is 0 Å². The Kier molecular flexibility index (Phi) is 2.57. The van der Waals surface area contributed by atoms with Crippen LogP contribution in [0.5, 0.6) is 0 Å². The second kappa shape index (κ2) is 3.48. The van der Waals surface area contributed by atoms with Crippen molar-refractivity contribution >= 4 is 27.5 Å². The van der Waals surface area contributed by atoms with Gasteiger partial charge in [0, 0.05) is 6.20 Å². The molecule has 0 aromatic carbocycles. The van der Waals surface area contributed by atoms with Crippen LogP contribution in [0.15, 0.2) is 16.9 Å². The number of hydrogen-bond acceptors (Lipinski definition) is 4. The van der Waals surface area contributed by atoms with E-state index in [1.54, 1.807) is 0 Å². The quantitative estimate of drug-likeness (QED) is 0.617. The first kappa shape index (κ1) is 9.59. The van der Waals surface area contributed by atoms with Gasteiger partial charge in [-0.3, -0.25) is 19.9 Å². The van der Waals surface area contributed by atoms with Crippen LogP contribution in [0.4, 0.5) is 5.69 Å². The van der Waals surface area contributed by atoms with Crippen molar-refractivity contribution in [3.8, 4) is 0 Å². The first-order valence-electron chi connectivity index (χ1n) is 3.11. The molecule has 1 amide bonds. The predicted molar refractivity (Wildman–Crippen MR) is 47.1 cm³/mol. The first-order chi connectivity index (χ1) is 6.04. The lowest BCUT2D eigenvalue weighted by molar-refractivity contribution is -0.385. The molecular formula is C6H4BrN3O3. The molecule has 0 aliphatic heterocycles. The van der Waals surface area contributed by atoms with Gasteiger partial charge >= 0.3 is 5.69 Å². The van der Waals surface area contributed by atoms with E-state index in [1.807, 2.05) is 0 Å². The molecule has 1 aromatic rings. The number of halogens is 1. The zero-order valence-corrected chi connectivity index (χ0v) is 7.82. The predicted octanol–water partition coefficient (Wildman–Crippen LogP) is 0.851. The van der Waals surface area contributed by atoms with Crippen LogP contribution >= 0.6 is 15.9 Å². The topological polar surface area (TPSA) is 99.1 Å². The Labute approximate surface area is 81.0 Å². The number of primary amides is 1. The van der Waals surface area contributed by atoms with Crippen LogP contribution < -0.4 is 5.73 Å². The number of carbonyl (C=O) groups is 1. The molecule has 0 aliphatic carbocycles. The van der Waals surface area contributed by atoms with Gasteiger partial charge in [0.25, 0.3) is 5.91 Å². The van der Waals surface area contributed by atoms with E-state index in [9.17, 15) is 14.9 Å². The molecule has 7 heteroatoms. The maximum atomic E-state index is 10.8. The van der Waals surface area contributed by atoms with Crippen LogP contribution in [0.25, 0.3) is 0 Å². The standard InChI is InChI=1S/C6H4BrN3O3/c7-3-1-9-2-4(10(12)13)5(3)6(8)11/h1-2H,(H2,8,11). The molecule has 0 spiro atoms. The lowest BCUT2D eigenvalue weighted by Gasteiger charge is -1.99. The number of nitro groups is 1. The molecule has 0 radical (unpaired) electrons. The van der Waals surface area contributed by atoms with Gasteiger partial charge in [0.15, 0.2) is 0 Å². The second-order valence-corrected chi connectivity index (χ2v) is 2.99. The highest BCUT2D eigenvalue weighted by atomic mass is 79.9. The molecule has 0 fully saturated rings. The summed E-state index contributed by atoms with van der Waals surface area (Å²) in [6.45, 7) is 0. The first-order valence-corrected chi connectivity index (χ1v) is 3.91. The molecule has 0 aliphatic rings. The van der Waals surface area contributed by atoms with Gasteiger partial charge in [-0.2, -0.15) is 0 Å². The Bertz CT molecular complexity index is 379.